The Labute approximate surface area is 156 Å². The molecule has 0 saturated carbocycles. The minimum absolute atomic E-state index is 0.0797. The molecule has 138 valence electrons. The van der Waals surface area contributed by atoms with Crippen LogP contribution in [0.4, 0.5) is 10.1 Å². The van der Waals surface area contributed by atoms with Crippen molar-refractivity contribution in [3.8, 4) is 11.3 Å². The van der Waals surface area contributed by atoms with E-state index in [1.165, 1.54) is 18.2 Å². The van der Waals surface area contributed by atoms with Crippen molar-refractivity contribution in [3.05, 3.63) is 77.8 Å². The number of rotatable bonds is 6. The fourth-order valence-corrected chi connectivity index (χ4v) is 2.62. The van der Waals surface area contributed by atoms with Crippen LogP contribution in [0.1, 0.15) is 23.0 Å². The predicted octanol–water partition coefficient (Wildman–Crippen LogP) is 4.02. The van der Waals surface area contributed by atoms with Crippen LogP contribution in [0.3, 0.4) is 0 Å². The lowest BCUT2D eigenvalue weighted by molar-refractivity contribution is -0.115. The van der Waals surface area contributed by atoms with Crippen molar-refractivity contribution in [1.82, 2.24) is 5.32 Å². The molecule has 0 unspecified atom stereocenters. The maximum absolute atomic E-state index is 13.0. The summed E-state index contributed by atoms with van der Waals surface area (Å²) in [5.41, 5.74) is 2.41. The summed E-state index contributed by atoms with van der Waals surface area (Å²) in [7, 11) is 0. The van der Waals surface area contributed by atoms with E-state index >= 15 is 0 Å². The number of carbonyl (C=O) groups is 2. The molecule has 27 heavy (non-hydrogen) atoms. The van der Waals surface area contributed by atoms with Crippen LogP contribution in [-0.2, 0) is 11.2 Å². The molecule has 2 amide bonds. The van der Waals surface area contributed by atoms with Crippen molar-refractivity contribution < 1.29 is 18.4 Å². The Bertz CT molecular complexity index is 948. The van der Waals surface area contributed by atoms with Gasteiger partial charge in [0.25, 0.3) is 5.91 Å². The highest BCUT2D eigenvalue weighted by molar-refractivity contribution is 5.98. The van der Waals surface area contributed by atoms with Crippen LogP contribution < -0.4 is 10.6 Å². The lowest BCUT2D eigenvalue weighted by atomic mass is 10.1. The van der Waals surface area contributed by atoms with E-state index in [9.17, 15) is 14.0 Å². The van der Waals surface area contributed by atoms with Gasteiger partial charge in [-0.25, -0.2) is 4.39 Å². The summed E-state index contributed by atoms with van der Waals surface area (Å²) < 4.78 is 18.5. The normalized spacial score (nSPS) is 10.4. The van der Waals surface area contributed by atoms with E-state index < -0.39 is 5.91 Å². The van der Waals surface area contributed by atoms with E-state index in [0.29, 0.717) is 11.3 Å². The van der Waals surface area contributed by atoms with E-state index in [1.54, 1.807) is 18.2 Å². The quantitative estimate of drug-likeness (QED) is 0.692. The molecule has 0 fully saturated rings. The molecule has 3 aromatic rings. The zero-order chi connectivity index (χ0) is 19.2. The lowest BCUT2D eigenvalue weighted by Gasteiger charge is -2.09. The van der Waals surface area contributed by atoms with Gasteiger partial charge < -0.3 is 15.1 Å². The maximum Gasteiger partial charge on any atom is 0.287 e. The molecule has 2 N–H and O–H groups in total. The lowest BCUT2D eigenvalue weighted by Crippen LogP contribution is -2.32. The molecular weight excluding hydrogens is 347 g/mol. The van der Waals surface area contributed by atoms with Crippen LogP contribution in [0.2, 0.25) is 0 Å². The minimum Gasteiger partial charge on any atom is -0.451 e. The molecule has 0 aliphatic rings. The Morgan fingerprint density at radius 2 is 1.74 bits per heavy atom. The van der Waals surface area contributed by atoms with Crippen LogP contribution in [-0.4, -0.2) is 18.4 Å². The Kier molecular flexibility index (Phi) is 5.66. The van der Waals surface area contributed by atoms with Gasteiger partial charge in [0.05, 0.1) is 6.54 Å². The zero-order valence-electron chi connectivity index (χ0n) is 14.8. The van der Waals surface area contributed by atoms with Crippen LogP contribution in [0, 0.1) is 5.82 Å². The fourth-order valence-electron chi connectivity index (χ4n) is 2.62. The summed E-state index contributed by atoms with van der Waals surface area (Å²) in [6.45, 7) is 1.83. The van der Waals surface area contributed by atoms with Crippen LogP contribution in [0.25, 0.3) is 11.3 Å². The average Bonchev–Trinajstić information content (AvgIpc) is 3.17. The van der Waals surface area contributed by atoms with Crippen LogP contribution in [0.5, 0.6) is 0 Å². The monoisotopic (exact) mass is 366 g/mol. The average molecular weight is 366 g/mol. The predicted molar refractivity (Wildman–Crippen MR) is 101 cm³/mol. The summed E-state index contributed by atoms with van der Waals surface area (Å²) in [4.78, 5) is 24.3. The Morgan fingerprint density at radius 1 is 1.00 bits per heavy atom. The van der Waals surface area contributed by atoms with Crippen molar-refractivity contribution >= 4 is 17.5 Å². The zero-order valence-corrected chi connectivity index (χ0v) is 14.8. The molecule has 0 radical (unpaired) electrons. The van der Waals surface area contributed by atoms with Gasteiger partial charge in [0, 0.05) is 11.3 Å². The van der Waals surface area contributed by atoms with Gasteiger partial charge in [-0.2, -0.15) is 0 Å². The molecule has 1 aromatic heterocycles. The number of hydrogen-bond acceptors (Lipinski definition) is 3. The Hall–Kier alpha value is -3.41. The van der Waals surface area contributed by atoms with Crippen LogP contribution >= 0.6 is 0 Å². The van der Waals surface area contributed by atoms with E-state index in [1.807, 2.05) is 31.2 Å². The van der Waals surface area contributed by atoms with Crippen molar-refractivity contribution in [1.29, 1.82) is 0 Å². The summed E-state index contributed by atoms with van der Waals surface area (Å²) >= 11 is 0. The number of halogens is 1. The van der Waals surface area contributed by atoms with E-state index in [4.69, 9.17) is 4.42 Å². The molecule has 0 aliphatic heterocycles. The maximum atomic E-state index is 13.0. The van der Waals surface area contributed by atoms with E-state index in [2.05, 4.69) is 10.6 Å². The molecule has 0 aliphatic carbocycles. The topological polar surface area (TPSA) is 71.3 Å². The molecule has 0 saturated heterocycles. The summed E-state index contributed by atoms with van der Waals surface area (Å²) in [6.07, 6.45) is 0.793. The highest BCUT2D eigenvalue weighted by atomic mass is 19.1. The van der Waals surface area contributed by atoms with Gasteiger partial charge in [0.1, 0.15) is 11.6 Å². The van der Waals surface area contributed by atoms with Crippen molar-refractivity contribution in [2.24, 2.45) is 0 Å². The van der Waals surface area contributed by atoms with Gasteiger partial charge >= 0.3 is 0 Å². The number of carbonyl (C=O) groups excluding carboxylic acids is 2. The molecule has 0 bridgehead atoms. The van der Waals surface area contributed by atoms with Gasteiger partial charge in [0.2, 0.25) is 5.91 Å². The molecule has 5 nitrogen and oxygen atoms in total. The largest absolute Gasteiger partial charge is 0.451 e. The molecular formula is C21H19FN2O3. The second-order valence-corrected chi connectivity index (χ2v) is 5.91. The SMILES string of the molecule is CCc1ccccc1NC(=O)CNC(=O)c1ccc(-c2ccc(F)cc2)o1. The van der Waals surface area contributed by atoms with Gasteiger partial charge in [0.15, 0.2) is 5.76 Å². The molecule has 6 heteroatoms. The van der Waals surface area contributed by atoms with E-state index in [-0.39, 0.29) is 24.0 Å². The molecule has 0 spiro atoms. The van der Waals surface area contributed by atoms with Gasteiger partial charge in [-0.15, -0.1) is 0 Å². The van der Waals surface area contributed by atoms with Crippen molar-refractivity contribution in [2.45, 2.75) is 13.3 Å². The van der Waals surface area contributed by atoms with E-state index in [0.717, 1.165) is 17.7 Å². The van der Waals surface area contributed by atoms with Crippen LogP contribution in [0.15, 0.2) is 65.1 Å². The third kappa shape index (κ3) is 4.61. The number of benzene rings is 2. The standard InChI is InChI=1S/C21H19FN2O3/c1-2-14-5-3-4-6-17(14)24-20(25)13-23-21(26)19-12-11-18(27-19)15-7-9-16(22)10-8-15/h3-12H,2,13H2,1H3,(H,23,26)(H,24,25). The molecule has 0 atom stereocenters. The first-order valence-electron chi connectivity index (χ1n) is 8.58. The number of furan rings is 1. The number of aryl methyl sites for hydroxylation is 1. The molecule has 2 aromatic carbocycles. The first kappa shape index (κ1) is 18.4. The number of nitrogens with one attached hydrogen (secondary N) is 2. The smallest absolute Gasteiger partial charge is 0.287 e. The third-order valence-corrected chi connectivity index (χ3v) is 4.04. The van der Waals surface area contributed by atoms with Crippen molar-refractivity contribution in [2.75, 3.05) is 11.9 Å². The van der Waals surface area contributed by atoms with Gasteiger partial charge in [-0.05, 0) is 54.4 Å². The highest BCUT2D eigenvalue weighted by Gasteiger charge is 2.14. The molecule has 1 heterocycles. The van der Waals surface area contributed by atoms with Gasteiger partial charge in [-0.3, -0.25) is 9.59 Å². The number of anilines is 1. The summed E-state index contributed by atoms with van der Waals surface area (Å²) in [5.74, 6) is -0.645. The van der Waals surface area contributed by atoms with Crippen molar-refractivity contribution in [3.63, 3.8) is 0 Å². The Balaban J connectivity index is 1.58. The first-order chi connectivity index (χ1) is 13.1. The molecule has 3 rings (SSSR count). The third-order valence-electron chi connectivity index (χ3n) is 4.04. The second-order valence-electron chi connectivity index (χ2n) is 5.91. The number of para-hydroxylation sites is 1. The second kappa shape index (κ2) is 8.31. The first-order valence-corrected chi connectivity index (χ1v) is 8.58. The number of amides is 2. The fraction of sp³-hybridized carbons (Fsp3) is 0.143. The highest BCUT2D eigenvalue weighted by Crippen LogP contribution is 2.22. The number of hydrogen-bond donors (Lipinski definition) is 2. The summed E-state index contributed by atoms with van der Waals surface area (Å²) in [5, 5.41) is 5.31. The summed E-state index contributed by atoms with van der Waals surface area (Å²) in [6, 6.07) is 16.4. The van der Waals surface area contributed by atoms with Gasteiger partial charge in [-0.1, -0.05) is 25.1 Å². The minimum atomic E-state index is -0.498. The Morgan fingerprint density at radius 3 is 2.48 bits per heavy atom.